The molecule has 20 heavy (non-hydrogen) atoms. The molecule has 0 aromatic carbocycles. The summed E-state index contributed by atoms with van der Waals surface area (Å²) in [7, 11) is 0. The molecule has 0 fully saturated rings. The first kappa shape index (κ1) is 14.3. The second kappa shape index (κ2) is 5.45. The first-order valence-electron chi connectivity index (χ1n) is 5.23. The van der Waals surface area contributed by atoms with Crippen molar-refractivity contribution in [3.8, 4) is 0 Å². The van der Waals surface area contributed by atoms with Crippen molar-refractivity contribution in [3.05, 3.63) is 35.4 Å². The van der Waals surface area contributed by atoms with Crippen molar-refractivity contribution in [2.45, 2.75) is 12.7 Å². The van der Waals surface area contributed by atoms with Crippen LogP contribution in [0.4, 0.5) is 18.9 Å². The number of carbonyl (C=O) groups is 1. The van der Waals surface area contributed by atoms with E-state index in [-0.39, 0.29) is 10.7 Å². The molecule has 2 heterocycles. The van der Waals surface area contributed by atoms with Crippen LogP contribution in [-0.2, 0) is 6.54 Å². The highest BCUT2D eigenvalue weighted by Crippen LogP contribution is 2.23. The van der Waals surface area contributed by atoms with E-state index in [1.165, 1.54) is 18.5 Å². The molecule has 0 spiro atoms. The van der Waals surface area contributed by atoms with Crippen LogP contribution < -0.4 is 5.32 Å². The monoisotopic (exact) mass is 305 g/mol. The lowest BCUT2D eigenvalue weighted by atomic mass is 10.3. The Hall–Kier alpha value is -2.16. The topological polar surface area (TPSA) is 72.7 Å². The summed E-state index contributed by atoms with van der Waals surface area (Å²) in [5, 5.41) is 12.5. The number of nitrogens with zero attached hydrogens (tertiary/aromatic N) is 4. The second-order valence-electron chi connectivity index (χ2n) is 3.71. The van der Waals surface area contributed by atoms with Gasteiger partial charge in [-0.2, -0.15) is 28.5 Å². The molecule has 0 radical (unpaired) electrons. The van der Waals surface area contributed by atoms with Gasteiger partial charge in [0.15, 0.2) is 0 Å². The van der Waals surface area contributed by atoms with Gasteiger partial charge in [0.05, 0.1) is 29.8 Å². The van der Waals surface area contributed by atoms with Gasteiger partial charge in [-0.25, -0.2) is 4.68 Å². The zero-order valence-corrected chi connectivity index (χ0v) is 10.5. The summed E-state index contributed by atoms with van der Waals surface area (Å²) in [4.78, 5) is 11.8. The standard InChI is InChI=1S/C10H7ClF3N5O/c11-8-7(4-17-19(8)5-10(12,13)14)9(20)18-6-1-2-15-16-3-6/h1-4H,5H2,(H,15,18,20). The number of carbonyl (C=O) groups excluding carboxylic acids is 1. The van der Waals surface area contributed by atoms with E-state index in [2.05, 4.69) is 20.6 Å². The summed E-state index contributed by atoms with van der Waals surface area (Å²) in [6.07, 6.45) is -0.868. The van der Waals surface area contributed by atoms with Gasteiger partial charge in [0.1, 0.15) is 11.7 Å². The molecule has 0 aliphatic rings. The quantitative estimate of drug-likeness (QED) is 0.943. The molecule has 0 aliphatic carbocycles. The predicted molar refractivity (Wildman–Crippen MR) is 63.3 cm³/mol. The molecule has 2 aromatic heterocycles. The third-order valence-corrected chi connectivity index (χ3v) is 2.59. The molecule has 0 atom stereocenters. The molecule has 106 valence electrons. The first-order chi connectivity index (χ1) is 9.37. The summed E-state index contributed by atoms with van der Waals surface area (Å²) in [6, 6.07) is 1.47. The Morgan fingerprint density at radius 3 is 2.70 bits per heavy atom. The van der Waals surface area contributed by atoms with E-state index in [1.807, 2.05) is 0 Å². The van der Waals surface area contributed by atoms with E-state index >= 15 is 0 Å². The van der Waals surface area contributed by atoms with Gasteiger partial charge in [-0.05, 0) is 6.07 Å². The van der Waals surface area contributed by atoms with Crippen molar-refractivity contribution in [3.63, 3.8) is 0 Å². The first-order valence-corrected chi connectivity index (χ1v) is 5.61. The molecular formula is C10H7ClF3N5O. The third kappa shape index (κ3) is 3.44. The lowest BCUT2D eigenvalue weighted by Crippen LogP contribution is -2.19. The molecule has 0 aliphatic heterocycles. The average Bonchev–Trinajstić information content (AvgIpc) is 2.70. The van der Waals surface area contributed by atoms with Crippen LogP contribution in [0.1, 0.15) is 10.4 Å². The van der Waals surface area contributed by atoms with Gasteiger partial charge in [-0.1, -0.05) is 11.6 Å². The third-order valence-electron chi connectivity index (χ3n) is 2.19. The normalized spacial score (nSPS) is 11.4. The van der Waals surface area contributed by atoms with Gasteiger partial charge < -0.3 is 5.32 Å². The molecular weight excluding hydrogens is 299 g/mol. The summed E-state index contributed by atoms with van der Waals surface area (Å²) in [5.74, 6) is -0.684. The van der Waals surface area contributed by atoms with Crippen molar-refractivity contribution >= 4 is 23.2 Å². The Balaban J connectivity index is 2.15. The molecule has 0 bridgehead atoms. The van der Waals surface area contributed by atoms with Crippen LogP contribution in [0.2, 0.25) is 5.15 Å². The van der Waals surface area contributed by atoms with Crippen LogP contribution in [-0.4, -0.2) is 32.1 Å². The number of hydrogen-bond acceptors (Lipinski definition) is 4. The Morgan fingerprint density at radius 1 is 1.35 bits per heavy atom. The number of hydrogen-bond donors (Lipinski definition) is 1. The highest BCUT2D eigenvalue weighted by Gasteiger charge is 2.30. The molecule has 0 saturated carbocycles. The fourth-order valence-electron chi connectivity index (χ4n) is 1.37. The highest BCUT2D eigenvalue weighted by molar-refractivity contribution is 6.33. The van der Waals surface area contributed by atoms with E-state index in [9.17, 15) is 18.0 Å². The number of alkyl halides is 3. The van der Waals surface area contributed by atoms with E-state index in [4.69, 9.17) is 11.6 Å². The van der Waals surface area contributed by atoms with Crippen molar-refractivity contribution in [2.75, 3.05) is 5.32 Å². The molecule has 0 unspecified atom stereocenters. The Kier molecular flexibility index (Phi) is 3.89. The summed E-state index contributed by atoms with van der Waals surface area (Å²) in [5.41, 5.74) is 0.178. The van der Waals surface area contributed by atoms with Gasteiger partial charge in [0.25, 0.3) is 5.91 Å². The maximum atomic E-state index is 12.2. The fraction of sp³-hybridized carbons (Fsp3) is 0.200. The van der Waals surface area contributed by atoms with Gasteiger partial charge in [-0.15, -0.1) is 0 Å². The van der Waals surface area contributed by atoms with E-state index in [1.54, 1.807) is 0 Å². The van der Waals surface area contributed by atoms with Gasteiger partial charge in [0, 0.05) is 0 Å². The van der Waals surface area contributed by atoms with Crippen LogP contribution >= 0.6 is 11.6 Å². The Bertz CT molecular complexity index is 613. The minimum atomic E-state index is -4.47. The minimum absolute atomic E-state index is 0.160. The number of amides is 1. The van der Waals surface area contributed by atoms with Gasteiger partial charge in [0.2, 0.25) is 0 Å². The van der Waals surface area contributed by atoms with Crippen LogP contribution in [0.25, 0.3) is 0 Å². The zero-order chi connectivity index (χ0) is 14.8. The summed E-state index contributed by atoms with van der Waals surface area (Å²) < 4.78 is 37.2. The molecule has 0 saturated heterocycles. The van der Waals surface area contributed by atoms with Crippen LogP contribution in [0.3, 0.4) is 0 Å². The van der Waals surface area contributed by atoms with Crippen LogP contribution in [0.15, 0.2) is 24.7 Å². The molecule has 2 rings (SSSR count). The number of halogens is 4. The largest absolute Gasteiger partial charge is 0.408 e. The lowest BCUT2D eigenvalue weighted by Gasteiger charge is -2.07. The maximum absolute atomic E-state index is 12.2. The predicted octanol–water partition coefficient (Wildman–Crippen LogP) is 2.14. The van der Waals surface area contributed by atoms with Crippen molar-refractivity contribution in [1.82, 2.24) is 20.0 Å². The molecule has 10 heteroatoms. The molecule has 1 N–H and O–H groups in total. The van der Waals surface area contributed by atoms with Gasteiger partial charge in [-0.3, -0.25) is 4.79 Å². The summed E-state index contributed by atoms with van der Waals surface area (Å²) in [6.45, 7) is -1.37. The van der Waals surface area contributed by atoms with Gasteiger partial charge >= 0.3 is 6.18 Å². The smallest absolute Gasteiger partial charge is 0.320 e. The fourth-order valence-corrected chi connectivity index (χ4v) is 1.60. The number of anilines is 1. The van der Waals surface area contributed by atoms with Crippen LogP contribution in [0.5, 0.6) is 0 Å². The summed E-state index contributed by atoms with van der Waals surface area (Å²) >= 11 is 5.70. The van der Waals surface area contributed by atoms with E-state index < -0.39 is 18.6 Å². The van der Waals surface area contributed by atoms with Crippen molar-refractivity contribution < 1.29 is 18.0 Å². The molecule has 1 amide bonds. The maximum Gasteiger partial charge on any atom is 0.408 e. The highest BCUT2D eigenvalue weighted by atomic mass is 35.5. The SMILES string of the molecule is O=C(Nc1ccnnc1)c1cnn(CC(F)(F)F)c1Cl. The van der Waals surface area contributed by atoms with Crippen molar-refractivity contribution in [2.24, 2.45) is 0 Å². The Morgan fingerprint density at radius 2 is 2.10 bits per heavy atom. The molecule has 6 nitrogen and oxygen atoms in total. The Labute approximate surface area is 115 Å². The lowest BCUT2D eigenvalue weighted by molar-refractivity contribution is -0.142. The minimum Gasteiger partial charge on any atom is -0.320 e. The second-order valence-corrected chi connectivity index (χ2v) is 4.07. The van der Waals surface area contributed by atoms with E-state index in [0.29, 0.717) is 10.4 Å². The number of rotatable bonds is 3. The number of aromatic nitrogens is 4. The van der Waals surface area contributed by atoms with E-state index in [0.717, 1.165) is 6.20 Å². The average molecular weight is 306 g/mol. The van der Waals surface area contributed by atoms with Crippen molar-refractivity contribution in [1.29, 1.82) is 0 Å². The van der Waals surface area contributed by atoms with Crippen LogP contribution in [0, 0.1) is 0 Å². The number of nitrogens with one attached hydrogen (secondary N) is 1. The molecule has 2 aromatic rings. The zero-order valence-electron chi connectivity index (χ0n) is 9.73.